The Bertz CT molecular complexity index is 163. The first-order valence-electron chi connectivity index (χ1n) is 4.63. The first kappa shape index (κ1) is 12.2. The third-order valence-corrected chi connectivity index (χ3v) is 1.65. The van der Waals surface area contributed by atoms with Crippen LogP contribution < -0.4 is 5.73 Å². The van der Waals surface area contributed by atoms with Crippen LogP contribution in [-0.2, 0) is 0 Å². The van der Waals surface area contributed by atoms with E-state index in [1.165, 1.54) is 4.90 Å². The summed E-state index contributed by atoms with van der Waals surface area (Å²) >= 11 is 0. The number of amides is 1. The largest absolute Gasteiger partial charge is 0.465 e. The van der Waals surface area contributed by atoms with E-state index in [2.05, 4.69) is 0 Å². The van der Waals surface area contributed by atoms with E-state index in [0.717, 1.165) is 12.8 Å². The quantitative estimate of drug-likeness (QED) is 0.687. The van der Waals surface area contributed by atoms with Crippen molar-refractivity contribution in [3.05, 3.63) is 0 Å². The van der Waals surface area contributed by atoms with Gasteiger partial charge in [-0.25, -0.2) is 4.79 Å². The van der Waals surface area contributed by atoms with Gasteiger partial charge in [-0.05, 0) is 20.3 Å². The predicted molar refractivity (Wildman–Crippen MR) is 52.8 cm³/mol. The van der Waals surface area contributed by atoms with E-state index in [9.17, 15) is 4.79 Å². The van der Waals surface area contributed by atoms with Crippen LogP contribution in [0.2, 0.25) is 0 Å². The summed E-state index contributed by atoms with van der Waals surface area (Å²) in [6.07, 6.45) is 1.00. The smallest absolute Gasteiger partial charge is 0.407 e. The lowest BCUT2D eigenvalue weighted by Gasteiger charge is -2.27. The summed E-state index contributed by atoms with van der Waals surface area (Å²) in [5.41, 5.74) is 5.29. The maximum atomic E-state index is 10.8. The number of nitrogens with zero attached hydrogens (tertiary/aromatic N) is 1. The number of carboxylic acid groups (broad SMARTS) is 1. The van der Waals surface area contributed by atoms with Crippen LogP contribution in [-0.4, -0.2) is 34.7 Å². The van der Waals surface area contributed by atoms with Crippen molar-refractivity contribution >= 4 is 6.09 Å². The van der Waals surface area contributed by atoms with Gasteiger partial charge in [0.1, 0.15) is 0 Å². The average molecular weight is 188 g/mol. The Labute approximate surface area is 79.7 Å². The van der Waals surface area contributed by atoms with Crippen molar-refractivity contribution in [1.29, 1.82) is 0 Å². The molecular formula is C9H20N2O2. The van der Waals surface area contributed by atoms with E-state index in [-0.39, 0.29) is 0 Å². The van der Waals surface area contributed by atoms with Gasteiger partial charge in [-0.3, -0.25) is 0 Å². The first-order chi connectivity index (χ1) is 5.87. The van der Waals surface area contributed by atoms with Gasteiger partial charge in [-0.2, -0.15) is 0 Å². The normalized spacial score (nSPS) is 11.4. The molecule has 0 aromatic heterocycles. The van der Waals surface area contributed by atoms with E-state index < -0.39 is 11.6 Å². The van der Waals surface area contributed by atoms with Crippen molar-refractivity contribution in [1.82, 2.24) is 4.90 Å². The summed E-state index contributed by atoms with van der Waals surface area (Å²) in [4.78, 5) is 12.1. The average Bonchev–Trinajstić information content (AvgIpc) is 1.95. The van der Waals surface area contributed by atoms with Gasteiger partial charge in [0, 0.05) is 18.6 Å². The molecule has 0 aromatic carbocycles. The van der Waals surface area contributed by atoms with Crippen LogP contribution in [0.3, 0.4) is 0 Å². The Morgan fingerprint density at radius 2 is 2.08 bits per heavy atom. The maximum Gasteiger partial charge on any atom is 0.407 e. The molecule has 3 N–H and O–H groups in total. The fraction of sp³-hybridized carbons (Fsp3) is 0.889. The number of nitrogens with two attached hydrogens (primary N) is 1. The summed E-state index contributed by atoms with van der Waals surface area (Å²) in [5, 5.41) is 8.83. The molecule has 1 amide bonds. The minimum absolute atomic E-state index is 0.391. The Morgan fingerprint density at radius 3 is 2.38 bits per heavy atom. The fourth-order valence-electron chi connectivity index (χ4n) is 1.08. The molecule has 0 aliphatic heterocycles. The minimum Gasteiger partial charge on any atom is -0.465 e. The molecule has 13 heavy (non-hydrogen) atoms. The molecule has 0 aliphatic rings. The van der Waals surface area contributed by atoms with Crippen molar-refractivity contribution in [3.8, 4) is 0 Å². The summed E-state index contributed by atoms with van der Waals surface area (Å²) < 4.78 is 0. The highest BCUT2D eigenvalue weighted by Crippen LogP contribution is 2.03. The van der Waals surface area contributed by atoms with Gasteiger partial charge in [-0.1, -0.05) is 13.3 Å². The highest BCUT2D eigenvalue weighted by molar-refractivity contribution is 5.65. The van der Waals surface area contributed by atoms with Crippen LogP contribution in [0, 0.1) is 0 Å². The molecule has 0 aliphatic carbocycles. The standard InChI is InChI=1S/C9H20N2O2/c1-4-5-6-11(8(12)13)7-9(2,3)10/h4-7,10H2,1-3H3,(H,12,13). The third kappa shape index (κ3) is 6.40. The van der Waals surface area contributed by atoms with Crippen LogP contribution >= 0.6 is 0 Å². The van der Waals surface area contributed by atoms with Gasteiger partial charge in [0.15, 0.2) is 0 Å². The molecule has 0 saturated carbocycles. The first-order valence-corrected chi connectivity index (χ1v) is 4.63. The van der Waals surface area contributed by atoms with Crippen LogP contribution in [0.5, 0.6) is 0 Å². The SMILES string of the molecule is CCCCN(CC(C)(C)N)C(=O)O. The molecular weight excluding hydrogens is 168 g/mol. The number of rotatable bonds is 5. The molecule has 78 valence electrons. The maximum absolute atomic E-state index is 10.8. The monoisotopic (exact) mass is 188 g/mol. The van der Waals surface area contributed by atoms with E-state index in [1.54, 1.807) is 0 Å². The second-order valence-electron chi connectivity index (χ2n) is 4.05. The molecule has 0 atom stereocenters. The summed E-state index contributed by atoms with van der Waals surface area (Å²) in [6.45, 7) is 6.66. The summed E-state index contributed by atoms with van der Waals surface area (Å²) in [6, 6.07) is 0. The van der Waals surface area contributed by atoms with Crippen LogP contribution in [0.1, 0.15) is 33.6 Å². The lowest BCUT2D eigenvalue weighted by atomic mass is 10.1. The van der Waals surface area contributed by atoms with E-state index in [1.807, 2.05) is 20.8 Å². The predicted octanol–water partition coefficient (Wildman–Crippen LogP) is 1.50. The molecule has 0 heterocycles. The van der Waals surface area contributed by atoms with Gasteiger partial charge in [0.2, 0.25) is 0 Å². The van der Waals surface area contributed by atoms with E-state index in [0.29, 0.717) is 13.1 Å². The van der Waals surface area contributed by atoms with E-state index >= 15 is 0 Å². The minimum atomic E-state index is -0.882. The zero-order valence-corrected chi connectivity index (χ0v) is 8.71. The van der Waals surface area contributed by atoms with Crippen molar-refractivity contribution in [2.75, 3.05) is 13.1 Å². The lowest BCUT2D eigenvalue weighted by Crippen LogP contribution is -2.47. The number of unbranched alkanes of at least 4 members (excludes halogenated alkanes) is 1. The molecule has 4 nitrogen and oxygen atoms in total. The van der Waals surface area contributed by atoms with Gasteiger partial charge >= 0.3 is 6.09 Å². The summed E-state index contributed by atoms with van der Waals surface area (Å²) in [7, 11) is 0. The van der Waals surface area contributed by atoms with Crippen molar-refractivity contribution in [2.24, 2.45) is 5.73 Å². The lowest BCUT2D eigenvalue weighted by molar-refractivity contribution is 0.135. The topological polar surface area (TPSA) is 66.6 Å². The zero-order valence-electron chi connectivity index (χ0n) is 8.71. The molecule has 0 fully saturated rings. The number of carbonyl (C=O) groups is 1. The van der Waals surface area contributed by atoms with Crippen molar-refractivity contribution < 1.29 is 9.90 Å². The van der Waals surface area contributed by atoms with Crippen LogP contribution in [0.25, 0.3) is 0 Å². The molecule has 0 saturated heterocycles. The van der Waals surface area contributed by atoms with E-state index in [4.69, 9.17) is 10.8 Å². The Kier molecular flexibility index (Phi) is 4.77. The highest BCUT2D eigenvalue weighted by Gasteiger charge is 2.19. The van der Waals surface area contributed by atoms with Gasteiger partial charge in [0.05, 0.1) is 0 Å². The second kappa shape index (κ2) is 5.07. The molecule has 0 bridgehead atoms. The van der Waals surface area contributed by atoms with Crippen molar-refractivity contribution in [3.63, 3.8) is 0 Å². The number of hydrogen-bond donors (Lipinski definition) is 2. The molecule has 0 spiro atoms. The Hall–Kier alpha value is -0.770. The third-order valence-electron chi connectivity index (χ3n) is 1.65. The fourth-order valence-corrected chi connectivity index (χ4v) is 1.08. The van der Waals surface area contributed by atoms with Gasteiger partial charge < -0.3 is 15.7 Å². The van der Waals surface area contributed by atoms with Gasteiger partial charge in [0.25, 0.3) is 0 Å². The molecule has 0 rings (SSSR count). The van der Waals surface area contributed by atoms with Crippen LogP contribution in [0.15, 0.2) is 0 Å². The summed E-state index contributed by atoms with van der Waals surface area (Å²) in [5.74, 6) is 0. The Morgan fingerprint density at radius 1 is 1.54 bits per heavy atom. The Balaban J connectivity index is 4.03. The van der Waals surface area contributed by atoms with Crippen molar-refractivity contribution in [2.45, 2.75) is 39.2 Å². The molecule has 0 unspecified atom stereocenters. The van der Waals surface area contributed by atoms with Crippen LogP contribution in [0.4, 0.5) is 4.79 Å². The highest BCUT2D eigenvalue weighted by atomic mass is 16.4. The second-order valence-corrected chi connectivity index (χ2v) is 4.05. The van der Waals surface area contributed by atoms with Gasteiger partial charge in [-0.15, -0.1) is 0 Å². The number of hydrogen-bond acceptors (Lipinski definition) is 2. The zero-order chi connectivity index (χ0) is 10.5. The molecule has 4 heteroatoms. The molecule has 0 aromatic rings. The molecule has 0 radical (unpaired) electrons.